The Hall–Kier alpha value is -8.70. The van der Waals surface area contributed by atoms with Gasteiger partial charge in [-0.05, 0) is 133 Å². The molecular formula is C74H59BN2S. The van der Waals surface area contributed by atoms with Crippen molar-refractivity contribution in [2.24, 2.45) is 0 Å². The first kappa shape index (κ1) is 47.7. The van der Waals surface area contributed by atoms with E-state index in [0.717, 1.165) is 24.9 Å². The van der Waals surface area contributed by atoms with Gasteiger partial charge in [0, 0.05) is 49.3 Å². The van der Waals surface area contributed by atoms with Gasteiger partial charge in [0.1, 0.15) is 0 Å². The van der Waals surface area contributed by atoms with Gasteiger partial charge in [0.25, 0.3) is 6.71 Å². The second kappa shape index (κ2) is 19.4. The van der Waals surface area contributed by atoms with Gasteiger partial charge in [-0.15, -0.1) is 11.3 Å². The van der Waals surface area contributed by atoms with Crippen LogP contribution in [-0.2, 0) is 11.8 Å². The van der Waals surface area contributed by atoms with Crippen LogP contribution < -0.4 is 26.2 Å². The zero-order valence-electron chi connectivity index (χ0n) is 44.7. The Labute approximate surface area is 463 Å². The Morgan fingerprint density at radius 1 is 0.397 bits per heavy atom. The van der Waals surface area contributed by atoms with Crippen molar-refractivity contribution in [3.05, 3.63) is 260 Å². The average Bonchev–Trinajstić information content (AvgIpc) is 3.44. The van der Waals surface area contributed by atoms with Gasteiger partial charge in [-0.1, -0.05) is 240 Å². The second-order valence-corrected chi connectivity index (χ2v) is 23.3. The molecule has 11 aromatic carbocycles. The van der Waals surface area contributed by atoms with Crippen molar-refractivity contribution in [3.63, 3.8) is 0 Å². The topological polar surface area (TPSA) is 6.48 Å². The maximum atomic E-state index is 2.73. The fourth-order valence-electron chi connectivity index (χ4n) is 12.5. The number of fused-ring (bicyclic) bond motifs is 7. The molecule has 0 aliphatic carbocycles. The highest BCUT2D eigenvalue weighted by atomic mass is 32.1. The molecule has 0 fully saturated rings. The molecule has 0 saturated heterocycles. The highest BCUT2D eigenvalue weighted by Gasteiger charge is 2.46. The summed E-state index contributed by atoms with van der Waals surface area (Å²) in [5.41, 5.74) is 25.7. The van der Waals surface area contributed by atoms with Crippen LogP contribution in [0.2, 0.25) is 0 Å². The number of nitrogens with zero attached hydrogens (tertiary/aromatic N) is 2. The van der Waals surface area contributed by atoms with Crippen LogP contribution in [0.15, 0.2) is 249 Å². The Balaban J connectivity index is 1.17. The summed E-state index contributed by atoms with van der Waals surface area (Å²) in [6.07, 6.45) is 3.20. The van der Waals surface area contributed by atoms with Crippen molar-refractivity contribution in [1.82, 2.24) is 0 Å². The summed E-state index contributed by atoms with van der Waals surface area (Å²) in [5, 5.41) is 2.63. The molecule has 0 unspecified atom stereocenters. The Morgan fingerprint density at radius 2 is 0.859 bits per heavy atom. The van der Waals surface area contributed by atoms with Crippen molar-refractivity contribution in [2.45, 2.75) is 52.4 Å². The van der Waals surface area contributed by atoms with Crippen LogP contribution in [-0.4, -0.2) is 6.71 Å². The van der Waals surface area contributed by atoms with E-state index in [1.165, 1.54) is 132 Å². The number of hydrogen-bond acceptors (Lipinski definition) is 3. The van der Waals surface area contributed by atoms with Gasteiger partial charge in [-0.3, -0.25) is 0 Å². The van der Waals surface area contributed by atoms with E-state index >= 15 is 0 Å². The van der Waals surface area contributed by atoms with Crippen LogP contribution in [0.4, 0.5) is 34.1 Å². The largest absolute Gasteiger partial charge is 0.310 e. The van der Waals surface area contributed by atoms with Crippen molar-refractivity contribution in [1.29, 1.82) is 0 Å². The van der Waals surface area contributed by atoms with E-state index in [-0.39, 0.29) is 12.1 Å². The molecule has 2 aliphatic rings. The van der Waals surface area contributed by atoms with Crippen LogP contribution in [0, 0.1) is 0 Å². The van der Waals surface area contributed by atoms with E-state index in [0.29, 0.717) is 0 Å². The molecule has 0 radical (unpaired) electrons. The molecule has 12 aromatic rings. The maximum absolute atomic E-state index is 2.73. The van der Waals surface area contributed by atoms with Gasteiger partial charge in [0.15, 0.2) is 0 Å². The molecule has 0 amide bonds. The SMILES string of the molecule is CCCCc1ccc2c(sc3ccccc32)c1N1c2ccc(-c3ccccc3)cc2B2c3cc(-c4ccccc4)ccc3N(c3c(-c4ccccc4)cc(-c4ccccc4)cc3-c3ccccc3)c3cc(C(C)(C)C)cc1c32. The summed E-state index contributed by atoms with van der Waals surface area (Å²) >= 11 is 1.95. The first-order valence-corrected chi connectivity index (χ1v) is 28.6. The smallest absolute Gasteiger partial charge is 0.252 e. The third-order valence-corrected chi connectivity index (χ3v) is 17.6. The van der Waals surface area contributed by atoms with Gasteiger partial charge in [0.2, 0.25) is 0 Å². The highest BCUT2D eigenvalue weighted by Crippen LogP contribution is 2.54. The Kier molecular flexibility index (Phi) is 11.9. The highest BCUT2D eigenvalue weighted by molar-refractivity contribution is 7.26. The predicted molar refractivity (Wildman–Crippen MR) is 338 cm³/mol. The minimum Gasteiger partial charge on any atom is -0.310 e. The molecule has 3 heterocycles. The van der Waals surface area contributed by atoms with E-state index in [2.05, 4.69) is 286 Å². The number of hydrogen-bond donors (Lipinski definition) is 0. The van der Waals surface area contributed by atoms with Crippen molar-refractivity contribution in [2.75, 3.05) is 9.80 Å². The van der Waals surface area contributed by atoms with E-state index < -0.39 is 0 Å². The predicted octanol–water partition coefficient (Wildman–Crippen LogP) is 19.1. The maximum Gasteiger partial charge on any atom is 0.252 e. The summed E-state index contributed by atoms with van der Waals surface area (Å²) in [4.78, 5) is 5.42. The van der Waals surface area contributed by atoms with Crippen LogP contribution in [0.3, 0.4) is 0 Å². The van der Waals surface area contributed by atoms with Gasteiger partial charge < -0.3 is 9.80 Å². The third kappa shape index (κ3) is 8.09. The number of anilines is 6. The summed E-state index contributed by atoms with van der Waals surface area (Å²) in [5.74, 6) is 0. The second-order valence-electron chi connectivity index (χ2n) is 22.2. The summed E-state index contributed by atoms with van der Waals surface area (Å²) in [6, 6.07) is 93.7. The fourth-order valence-corrected chi connectivity index (χ4v) is 13.8. The van der Waals surface area contributed by atoms with E-state index in [1.54, 1.807) is 0 Å². The van der Waals surface area contributed by atoms with Gasteiger partial charge in [0.05, 0.1) is 16.1 Å². The lowest BCUT2D eigenvalue weighted by Gasteiger charge is -2.46. The van der Waals surface area contributed by atoms with Crippen LogP contribution >= 0.6 is 11.3 Å². The molecule has 14 rings (SSSR count). The molecule has 0 bridgehead atoms. The normalized spacial score (nSPS) is 12.7. The molecule has 0 spiro atoms. The standard InChI is InChI=1S/C74H59BN2S/c1-5-6-24-54-37-40-60-59-35-22-23-36-69(59)78-73(60)71(54)76-65-41-38-55(49-25-12-7-13-26-49)45-63(65)75-64-46-56(50-27-14-8-15-28-50)39-42-66(64)77(68-48-58(74(2,3)4)47-67(76)70(68)75)72-61(52-31-18-10-19-32-52)43-57(51-29-16-9-17-30-51)44-62(72)53-33-20-11-21-34-53/h7-23,25-48H,5-6,24H2,1-4H3. The quantitative estimate of drug-likeness (QED) is 0.126. The van der Waals surface area contributed by atoms with E-state index in [4.69, 9.17) is 0 Å². The molecule has 4 heteroatoms. The van der Waals surface area contributed by atoms with Crippen molar-refractivity contribution < 1.29 is 0 Å². The van der Waals surface area contributed by atoms with Gasteiger partial charge >= 0.3 is 0 Å². The Morgan fingerprint density at radius 3 is 1.36 bits per heavy atom. The van der Waals surface area contributed by atoms with E-state index in [9.17, 15) is 0 Å². The van der Waals surface area contributed by atoms with Crippen LogP contribution in [0.25, 0.3) is 75.8 Å². The third-order valence-electron chi connectivity index (χ3n) is 16.4. The molecule has 0 N–H and O–H groups in total. The number of rotatable bonds is 10. The fraction of sp³-hybridized carbons (Fsp3) is 0.108. The monoisotopic (exact) mass is 1020 g/mol. The van der Waals surface area contributed by atoms with Crippen LogP contribution in [0.5, 0.6) is 0 Å². The van der Waals surface area contributed by atoms with E-state index in [1.807, 2.05) is 11.3 Å². The van der Waals surface area contributed by atoms with Crippen molar-refractivity contribution >= 4 is 88.7 Å². The molecular weight excluding hydrogens is 960 g/mol. The summed E-state index contributed by atoms with van der Waals surface area (Å²) in [6.45, 7) is 9.37. The minimum absolute atomic E-state index is 0.113. The molecule has 374 valence electrons. The molecule has 0 atom stereocenters. The first-order valence-electron chi connectivity index (χ1n) is 27.8. The minimum atomic E-state index is -0.205. The lowest BCUT2D eigenvalue weighted by molar-refractivity contribution is 0.590. The molecule has 2 aliphatic heterocycles. The zero-order chi connectivity index (χ0) is 52.5. The molecule has 1 aromatic heterocycles. The number of benzene rings is 11. The first-order chi connectivity index (χ1) is 38.3. The summed E-state index contributed by atoms with van der Waals surface area (Å²) in [7, 11) is 0. The van der Waals surface area contributed by atoms with Crippen molar-refractivity contribution in [3.8, 4) is 55.6 Å². The number of unbranched alkanes of at least 4 members (excludes halogenated alkanes) is 1. The molecule has 2 nitrogen and oxygen atoms in total. The molecule has 0 saturated carbocycles. The lowest BCUT2D eigenvalue weighted by atomic mass is 9.33. The Bertz CT molecular complexity index is 4160. The number of aryl methyl sites for hydroxylation is 1. The lowest BCUT2D eigenvalue weighted by Crippen LogP contribution is -2.61. The average molecular weight is 1020 g/mol. The molecule has 78 heavy (non-hydrogen) atoms. The number of thiophene rings is 1. The zero-order valence-corrected chi connectivity index (χ0v) is 45.5. The van der Waals surface area contributed by atoms with Gasteiger partial charge in [-0.2, -0.15) is 0 Å². The van der Waals surface area contributed by atoms with Crippen LogP contribution in [0.1, 0.15) is 51.7 Å². The summed E-state index contributed by atoms with van der Waals surface area (Å²) < 4.78 is 2.65. The van der Waals surface area contributed by atoms with Gasteiger partial charge in [-0.25, -0.2) is 0 Å².